The smallest absolute Gasteiger partial charge is 0.416 e. The molecule has 172 valence electrons. The fraction of sp³-hybridized carbons (Fsp3) is 0.0833. The fourth-order valence-electron chi connectivity index (χ4n) is 2.92. The van der Waals surface area contributed by atoms with Crippen molar-refractivity contribution in [2.24, 2.45) is 0 Å². The monoisotopic (exact) mass is 467 g/mol. The number of ether oxygens (including phenoxy) is 1. The van der Waals surface area contributed by atoms with E-state index < -0.39 is 28.3 Å². The molecular formula is C24H16F3N3O4. The number of carbonyl (C=O) groups excluding carboxylic acids is 1. The minimum atomic E-state index is -4.73. The zero-order valence-electron chi connectivity index (χ0n) is 17.6. The largest absolute Gasteiger partial charge is 0.450 e. The SMILES string of the molecule is Cc1cccc(NC(=O)/C(C#N)=C/c2ccc(Oc3ccc(C(F)(F)F)cc3[N+](=O)[O-])cc2)c1. The first-order valence-electron chi connectivity index (χ1n) is 9.70. The molecule has 7 nitrogen and oxygen atoms in total. The van der Waals surface area contributed by atoms with Crippen LogP contribution in [-0.2, 0) is 11.0 Å². The molecule has 0 heterocycles. The van der Waals surface area contributed by atoms with Crippen molar-refractivity contribution in [2.75, 3.05) is 5.32 Å². The summed E-state index contributed by atoms with van der Waals surface area (Å²) >= 11 is 0. The Morgan fingerprint density at radius 3 is 2.41 bits per heavy atom. The van der Waals surface area contributed by atoms with Gasteiger partial charge in [-0.3, -0.25) is 14.9 Å². The van der Waals surface area contributed by atoms with Crippen LogP contribution in [0.4, 0.5) is 24.5 Å². The summed E-state index contributed by atoms with van der Waals surface area (Å²) in [4.78, 5) is 22.6. The highest BCUT2D eigenvalue weighted by Gasteiger charge is 2.33. The third-order valence-electron chi connectivity index (χ3n) is 4.54. The van der Waals surface area contributed by atoms with E-state index in [2.05, 4.69) is 5.32 Å². The molecular weight excluding hydrogens is 451 g/mol. The average Bonchev–Trinajstić information content (AvgIpc) is 2.77. The number of anilines is 1. The van der Waals surface area contributed by atoms with E-state index in [1.807, 2.05) is 19.1 Å². The quantitative estimate of drug-likeness (QED) is 0.199. The Bertz CT molecular complexity index is 1310. The second-order valence-electron chi connectivity index (χ2n) is 7.10. The van der Waals surface area contributed by atoms with Crippen LogP contribution in [0.2, 0.25) is 0 Å². The van der Waals surface area contributed by atoms with Crippen molar-refractivity contribution in [1.29, 1.82) is 5.26 Å². The molecule has 0 saturated heterocycles. The summed E-state index contributed by atoms with van der Waals surface area (Å²) in [6.07, 6.45) is -3.39. The third kappa shape index (κ3) is 5.98. The average molecular weight is 467 g/mol. The summed E-state index contributed by atoms with van der Waals surface area (Å²) < 4.78 is 43.9. The van der Waals surface area contributed by atoms with Crippen LogP contribution in [0.15, 0.2) is 72.3 Å². The number of amides is 1. The number of aryl methyl sites for hydroxylation is 1. The molecule has 10 heteroatoms. The standard InChI is InChI=1S/C24H16F3N3O4/c1-15-3-2-4-19(11-15)29-23(31)17(14-28)12-16-5-8-20(9-6-16)34-22-10-7-18(24(25,26)27)13-21(22)30(32)33/h2-13H,1H3,(H,29,31)/b17-12+. The molecule has 0 aromatic heterocycles. The summed E-state index contributed by atoms with van der Waals surface area (Å²) in [5, 5.41) is 23.2. The number of nitro groups is 1. The normalized spacial score (nSPS) is 11.4. The van der Waals surface area contributed by atoms with Gasteiger partial charge in [0, 0.05) is 11.8 Å². The third-order valence-corrected chi connectivity index (χ3v) is 4.54. The lowest BCUT2D eigenvalue weighted by molar-refractivity contribution is -0.385. The molecule has 0 aliphatic heterocycles. The predicted molar refractivity (Wildman–Crippen MR) is 118 cm³/mol. The van der Waals surface area contributed by atoms with E-state index in [0.29, 0.717) is 23.4 Å². The molecule has 3 aromatic rings. The maximum absolute atomic E-state index is 12.8. The summed E-state index contributed by atoms with van der Waals surface area (Å²) in [5.74, 6) is -0.854. The molecule has 3 aromatic carbocycles. The van der Waals surface area contributed by atoms with Crippen molar-refractivity contribution in [3.05, 3.63) is 99.1 Å². The van der Waals surface area contributed by atoms with Gasteiger partial charge < -0.3 is 10.1 Å². The number of nitrogens with zero attached hydrogens (tertiary/aromatic N) is 2. The topological polar surface area (TPSA) is 105 Å². The molecule has 0 saturated carbocycles. The van der Waals surface area contributed by atoms with E-state index in [1.165, 1.54) is 30.3 Å². The number of rotatable bonds is 6. The predicted octanol–water partition coefficient (Wildman–Crippen LogP) is 6.26. The lowest BCUT2D eigenvalue weighted by Gasteiger charge is -2.10. The Balaban J connectivity index is 1.78. The molecule has 0 unspecified atom stereocenters. The van der Waals surface area contributed by atoms with Crippen LogP contribution in [0.25, 0.3) is 6.08 Å². The molecule has 0 atom stereocenters. The summed E-state index contributed by atoms with van der Waals surface area (Å²) in [7, 11) is 0. The van der Waals surface area contributed by atoms with Gasteiger partial charge >= 0.3 is 11.9 Å². The van der Waals surface area contributed by atoms with E-state index in [0.717, 1.165) is 11.6 Å². The second kappa shape index (κ2) is 9.87. The van der Waals surface area contributed by atoms with Gasteiger partial charge in [-0.05, 0) is 60.5 Å². The highest BCUT2D eigenvalue weighted by molar-refractivity contribution is 6.09. The van der Waals surface area contributed by atoms with E-state index >= 15 is 0 Å². The second-order valence-corrected chi connectivity index (χ2v) is 7.10. The van der Waals surface area contributed by atoms with Crippen molar-refractivity contribution in [2.45, 2.75) is 13.1 Å². The first-order valence-corrected chi connectivity index (χ1v) is 9.70. The first-order chi connectivity index (χ1) is 16.1. The molecule has 0 bridgehead atoms. The maximum Gasteiger partial charge on any atom is 0.416 e. The lowest BCUT2D eigenvalue weighted by Crippen LogP contribution is -2.13. The Morgan fingerprint density at radius 2 is 1.82 bits per heavy atom. The van der Waals surface area contributed by atoms with Crippen molar-refractivity contribution in [3.63, 3.8) is 0 Å². The van der Waals surface area contributed by atoms with Gasteiger partial charge in [-0.1, -0.05) is 24.3 Å². The molecule has 0 fully saturated rings. The van der Waals surface area contributed by atoms with Gasteiger partial charge in [-0.25, -0.2) is 0 Å². The number of halogens is 3. The van der Waals surface area contributed by atoms with Gasteiger partial charge in [0.2, 0.25) is 5.75 Å². The highest BCUT2D eigenvalue weighted by Crippen LogP contribution is 2.37. The zero-order chi connectivity index (χ0) is 24.9. The van der Waals surface area contributed by atoms with Gasteiger partial charge in [0.15, 0.2) is 0 Å². The van der Waals surface area contributed by atoms with Crippen LogP contribution in [0.1, 0.15) is 16.7 Å². The van der Waals surface area contributed by atoms with E-state index in [1.54, 1.807) is 18.2 Å². The zero-order valence-corrected chi connectivity index (χ0v) is 17.6. The molecule has 34 heavy (non-hydrogen) atoms. The Kier molecular flexibility index (Phi) is 6.97. The summed E-state index contributed by atoms with van der Waals surface area (Å²) in [6.45, 7) is 1.86. The maximum atomic E-state index is 12.8. The minimum absolute atomic E-state index is 0.114. The Morgan fingerprint density at radius 1 is 1.12 bits per heavy atom. The van der Waals surface area contributed by atoms with Crippen molar-refractivity contribution >= 4 is 23.4 Å². The molecule has 1 amide bonds. The number of hydrogen-bond donors (Lipinski definition) is 1. The van der Waals surface area contributed by atoms with Crippen LogP contribution < -0.4 is 10.1 Å². The molecule has 0 radical (unpaired) electrons. The number of carbonyl (C=O) groups is 1. The Labute approximate surface area is 191 Å². The summed E-state index contributed by atoms with van der Waals surface area (Å²) in [5.41, 5.74) is -0.227. The number of nitro benzene ring substituents is 1. The number of alkyl halides is 3. The van der Waals surface area contributed by atoms with E-state index in [-0.39, 0.29) is 17.1 Å². The molecule has 0 aliphatic rings. The molecule has 0 spiro atoms. The van der Waals surface area contributed by atoms with Crippen molar-refractivity contribution in [1.82, 2.24) is 0 Å². The van der Waals surface area contributed by atoms with Crippen LogP contribution in [0.3, 0.4) is 0 Å². The fourth-order valence-corrected chi connectivity index (χ4v) is 2.92. The van der Waals surface area contributed by atoms with Gasteiger partial charge in [-0.2, -0.15) is 18.4 Å². The highest BCUT2D eigenvalue weighted by atomic mass is 19.4. The molecule has 1 N–H and O–H groups in total. The van der Waals surface area contributed by atoms with Crippen molar-refractivity contribution < 1.29 is 27.6 Å². The lowest BCUT2D eigenvalue weighted by atomic mass is 10.1. The number of nitrogens with one attached hydrogen (secondary N) is 1. The minimum Gasteiger partial charge on any atom is -0.450 e. The van der Waals surface area contributed by atoms with Gasteiger partial charge in [0.05, 0.1) is 10.5 Å². The van der Waals surface area contributed by atoms with E-state index in [4.69, 9.17) is 4.74 Å². The number of benzene rings is 3. The van der Waals surface area contributed by atoms with Crippen molar-refractivity contribution in [3.8, 4) is 17.6 Å². The van der Waals surface area contributed by atoms with Crippen LogP contribution in [-0.4, -0.2) is 10.8 Å². The first kappa shape index (κ1) is 24.0. The number of hydrogen-bond acceptors (Lipinski definition) is 5. The van der Waals surface area contributed by atoms with Gasteiger partial charge in [-0.15, -0.1) is 0 Å². The summed E-state index contributed by atoms with van der Waals surface area (Å²) in [6, 6.07) is 16.6. The van der Waals surface area contributed by atoms with Crippen LogP contribution in [0.5, 0.6) is 11.5 Å². The van der Waals surface area contributed by atoms with Crippen LogP contribution >= 0.6 is 0 Å². The van der Waals surface area contributed by atoms with E-state index in [9.17, 15) is 33.3 Å². The Hall–Kier alpha value is -4.65. The van der Waals surface area contributed by atoms with Crippen LogP contribution in [0, 0.1) is 28.4 Å². The van der Waals surface area contributed by atoms with Gasteiger partial charge in [0.25, 0.3) is 5.91 Å². The van der Waals surface area contributed by atoms with Gasteiger partial charge in [0.1, 0.15) is 17.4 Å². The number of nitriles is 1. The molecule has 3 rings (SSSR count). The molecule has 0 aliphatic carbocycles.